The lowest BCUT2D eigenvalue weighted by atomic mass is 10.1. The van der Waals surface area contributed by atoms with Crippen molar-refractivity contribution in [1.29, 1.82) is 0 Å². The fourth-order valence-electron chi connectivity index (χ4n) is 2.40. The van der Waals surface area contributed by atoms with Crippen molar-refractivity contribution in [2.24, 2.45) is 0 Å². The van der Waals surface area contributed by atoms with Crippen LogP contribution in [0.5, 0.6) is 0 Å². The van der Waals surface area contributed by atoms with Crippen LogP contribution in [0.25, 0.3) is 0 Å². The smallest absolute Gasteiger partial charge is 0.286 e. The number of carbonyl (C=O) groups excluding carboxylic acids is 1. The van der Waals surface area contributed by atoms with Crippen LogP contribution < -0.4 is 4.90 Å². The van der Waals surface area contributed by atoms with Gasteiger partial charge in [-0.1, -0.05) is 30.8 Å². The SMILES string of the molecule is CCc1ccc(N2C(=O)SC[C@@H]2COCc2nccs2)cc1. The van der Waals surface area contributed by atoms with E-state index in [9.17, 15) is 4.79 Å². The molecule has 6 heteroatoms. The van der Waals surface area contributed by atoms with Crippen LogP contribution in [0.4, 0.5) is 10.5 Å². The minimum absolute atomic E-state index is 0.0879. The highest BCUT2D eigenvalue weighted by Crippen LogP contribution is 2.30. The van der Waals surface area contributed by atoms with Crippen LogP contribution in [-0.2, 0) is 17.8 Å². The molecule has 1 atom stereocenters. The van der Waals surface area contributed by atoms with E-state index in [1.807, 2.05) is 22.4 Å². The van der Waals surface area contributed by atoms with Gasteiger partial charge in [0, 0.05) is 23.0 Å². The van der Waals surface area contributed by atoms with Crippen molar-refractivity contribution in [3.8, 4) is 0 Å². The standard InChI is InChI=1S/C16H18N2O2S2/c1-2-12-3-5-13(6-4-12)18-14(11-22-16(18)19)9-20-10-15-17-7-8-21-15/h3-8,14H,2,9-11H2,1H3/t14-/m0/s1. The normalized spacial score (nSPS) is 18.1. The molecule has 1 saturated heterocycles. The Morgan fingerprint density at radius 2 is 2.18 bits per heavy atom. The summed E-state index contributed by atoms with van der Waals surface area (Å²) in [6.45, 7) is 3.17. The molecule has 0 N–H and O–H groups in total. The molecule has 0 spiro atoms. The summed E-state index contributed by atoms with van der Waals surface area (Å²) in [6, 6.07) is 8.30. The molecule has 1 fully saturated rings. The summed E-state index contributed by atoms with van der Waals surface area (Å²) in [6.07, 6.45) is 2.78. The molecule has 0 radical (unpaired) electrons. The highest BCUT2D eigenvalue weighted by atomic mass is 32.2. The van der Waals surface area contributed by atoms with Crippen molar-refractivity contribution in [2.45, 2.75) is 26.0 Å². The third kappa shape index (κ3) is 3.51. The second kappa shape index (κ2) is 7.26. The number of hydrogen-bond donors (Lipinski definition) is 0. The Labute approximate surface area is 138 Å². The molecule has 0 saturated carbocycles. The van der Waals surface area contributed by atoms with Gasteiger partial charge in [0.05, 0.1) is 19.3 Å². The first-order valence-electron chi connectivity index (χ1n) is 7.29. The Balaban J connectivity index is 1.63. The largest absolute Gasteiger partial charge is 0.372 e. The fourth-order valence-corrected chi connectivity index (χ4v) is 3.92. The summed E-state index contributed by atoms with van der Waals surface area (Å²) < 4.78 is 5.75. The van der Waals surface area contributed by atoms with Gasteiger partial charge in [0.15, 0.2) is 0 Å². The quantitative estimate of drug-likeness (QED) is 0.802. The van der Waals surface area contributed by atoms with E-state index in [4.69, 9.17) is 4.74 Å². The van der Waals surface area contributed by atoms with Crippen molar-refractivity contribution < 1.29 is 9.53 Å². The molecule has 22 heavy (non-hydrogen) atoms. The zero-order valence-electron chi connectivity index (χ0n) is 12.4. The minimum atomic E-state index is 0.0879. The number of amides is 1. The summed E-state index contributed by atoms with van der Waals surface area (Å²) in [7, 11) is 0. The van der Waals surface area contributed by atoms with E-state index in [1.165, 1.54) is 17.3 Å². The predicted molar refractivity (Wildman–Crippen MR) is 91.7 cm³/mol. The monoisotopic (exact) mass is 334 g/mol. The number of carbonyl (C=O) groups is 1. The first kappa shape index (κ1) is 15.5. The van der Waals surface area contributed by atoms with Crippen molar-refractivity contribution >= 4 is 34.0 Å². The predicted octanol–water partition coefficient (Wildman–Crippen LogP) is 3.96. The molecular formula is C16H18N2O2S2. The number of thiazole rings is 1. The summed E-state index contributed by atoms with van der Waals surface area (Å²) in [5.74, 6) is 0.770. The molecule has 116 valence electrons. The molecule has 1 aromatic heterocycles. The minimum Gasteiger partial charge on any atom is -0.372 e. The molecule has 0 unspecified atom stereocenters. The highest BCUT2D eigenvalue weighted by Gasteiger charge is 2.33. The van der Waals surface area contributed by atoms with Gasteiger partial charge >= 0.3 is 0 Å². The summed E-state index contributed by atoms with van der Waals surface area (Å²) in [5, 5.41) is 3.01. The second-order valence-corrected chi connectivity index (χ2v) is 7.01. The van der Waals surface area contributed by atoms with Gasteiger partial charge < -0.3 is 4.74 Å². The maximum Gasteiger partial charge on any atom is 0.286 e. The lowest BCUT2D eigenvalue weighted by Crippen LogP contribution is -2.36. The Kier molecular flexibility index (Phi) is 5.12. The summed E-state index contributed by atoms with van der Waals surface area (Å²) in [4.78, 5) is 18.2. The van der Waals surface area contributed by atoms with Gasteiger partial charge in [-0.3, -0.25) is 9.69 Å². The molecule has 0 aliphatic carbocycles. The number of thioether (sulfide) groups is 1. The molecular weight excluding hydrogens is 316 g/mol. The topological polar surface area (TPSA) is 42.4 Å². The van der Waals surface area contributed by atoms with Crippen LogP contribution in [0, 0.1) is 0 Å². The van der Waals surface area contributed by atoms with Crippen molar-refractivity contribution in [2.75, 3.05) is 17.3 Å². The Morgan fingerprint density at radius 3 is 2.86 bits per heavy atom. The zero-order valence-corrected chi connectivity index (χ0v) is 14.0. The Hall–Kier alpha value is -1.37. The van der Waals surface area contributed by atoms with Gasteiger partial charge in [-0.2, -0.15) is 0 Å². The number of anilines is 1. The molecule has 1 aliphatic heterocycles. The summed E-state index contributed by atoms with van der Waals surface area (Å²) in [5.41, 5.74) is 2.23. The van der Waals surface area contributed by atoms with Gasteiger partial charge in [0.25, 0.3) is 5.24 Å². The first-order chi connectivity index (χ1) is 10.8. The van der Waals surface area contributed by atoms with E-state index < -0.39 is 0 Å². The third-order valence-corrected chi connectivity index (χ3v) is 5.35. The van der Waals surface area contributed by atoms with Gasteiger partial charge in [-0.05, 0) is 24.1 Å². The van der Waals surface area contributed by atoms with Crippen LogP contribution in [0.3, 0.4) is 0 Å². The van der Waals surface area contributed by atoms with E-state index in [1.54, 1.807) is 17.5 Å². The Morgan fingerprint density at radius 1 is 1.36 bits per heavy atom. The van der Waals surface area contributed by atoms with Crippen molar-refractivity contribution in [3.05, 3.63) is 46.4 Å². The Bertz CT molecular complexity index is 614. The first-order valence-corrected chi connectivity index (χ1v) is 9.15. The van der Waals surface area contributed by atoms with E-state index in [-0.39, 0.29) is 11.3 Å². The van der Waals surface area contributed by atoms with E-state index >= 15 is 0 Å². The molecule has 1 amide bonds. The van der Waals surface area contributed by atoms with Crippen LogP contribution in [0.2, 0.25) is 0 Å². The van der Waals surface area contributed by atoms with Crippen LogP contribution in [0.1, 0.15) is 17.5 Å². The molecule has 3 rings (SSSR count). The molecule has 4 nitrogen and oxygen atoms in total. The van der Waals surface area contributed by atoms with Crippen LogP contribution in [0.15, 0.2) is 35.8 Å². The van der Waals surface area contributed by atoms with E-state index in [2.05, 4.69) is 24.0 Å². The zero-order chi connectivity index (χ0) is 15.4. The highest BCUT2D eigenvalue weighted by molar-refractivity contribution is 8.14. The number of ether oxygens (including phenoxy) is 1. The molecule has 1 aliphatic rings. The lowest BCUT2D eigenvalue weighted by molar-refractivity contribution is 0.112. The molecule has 2 heterocycles. The van der Waals surface area contributed by atoms with Gasteiger partial charge in [-0.25, -0.2) is 4.98 Å². The van der Waals surface area contributed by atoms with Gasteiger partial charge in [0.1, 0.15) is 5.01 Å². The molecule has 1 aromatic carbocycles. The number of nitrogens with zero attached hydrogens (tertiary/aromatic N) is 2. The van der Waals surface area contributed by atoms with E-state index in [0.717, 1.165) is 22.9 Å². The summed E-state index contributed by atoms with van der Waals surface area (Å²) >= 11 is 2.95. The second-order valence-electron chi connectivity index (χ2n) is 5.06. The number of hydrogen-bond acceptors (Lipinski definition) is 5. The van der Waals surface area contributed by atoms with Crippen LogP contribution in [-0.4, -0.2) is 28.6 Å². The van der Waals surface area contributed by atoms with Crippen molar-refractivity contribution in [3.63, 3.8) is 0 Å². The number of benzene rings is 1. The maximum atomic E-state index is 12.2. The van der Waals surface area contributed by atoms with E-state index in [0.29, 0.717) is 13.2 Å². The molecule has 0 bridgehead atoms. The maximum absolute atomic E-state index is 12.2. The van der Waals surface area contributed by atoms with Crippen LogP contribution >= 0.6 is 23.1 Å². The average Bonchev–Trinajstić information content (AvgIpc) is 3.18. The molecule has 2 aromatic rings. The number of aryl methyl sites for hydroxylation is 1. The lowest BCUT2D eigenvalue weighted by Gasteiger charge is -2.24. The third-order valence-electron chi connectivity index (χ3n) is 3.60. The van der Waals surface area contributed by atoms with Gasteiger partial charge in [-0.15, -0.1) is 11.3 Å². The van der Waals surface area contributed by atoms with Gasteiger partial charge in [0.2, 0.25) is 0 Å². The van der Waals surface area contributed by atoms with Crippen molar-refractivity contribution in [1.82, 2.24) is 4.98 Å². The average molecular weight is 334 g/mol. The number of aromatic nitrogens is 1. The number of rotatable bonds is 6. The fraction of sp³-hybridized carbons (Fsp3) is 0.375.